The summed E-state index contributed by atoms with van der Waals surface area (Å²) in [4.78, 5) is 0. The van der Waals surface area contributed by atoms with Gasteiger partial charge in [0.05, 0.1) is 11.7 Å². The number of rotatable bonds is 4. The van der Waals surface area contributed by atoms with Crippen molar-refractivity contribution in [3.8, 4) is 0 Å². The van der Waals surface area contributed by atoms with Gasteiger partial charge >= 0.3 is 0 Å². The Balaban J connectivity index is 2.05. The van der Waals surface area contributed by atoms with Gasteiger partial charge in [0, 0.05) is 23.2 Å². The molecule has 0 bridgehead atoms. The topological polar surface area (TPSA) is 29.3 Å². The SMILES string of the molecule is CCn1c(C)c(/C=N/Nc2c(F)c(F)c(F)c(F)c2F)c2cccc(C)c21. The fourth-order valence-corrected chi connectivity index (χ4v) is 3.17. The van der Waals surface area contributed by atoms with Crippen LogP contribution in [0.4, 0.5) is 27.6 Å². The third kappa shape index (κ3) is 2.94. The Bertz CT molecular complexity index is 1040. The van der Waals surface area contributed by atoms with Crippen molar-refractivity contribution in [1.82, 2.24) is 4.57 Å². The fraction of sp³-hybridized carbons (Fsp3) is 0.211. The van der Waals surface area contributed by atoms with Crippen LogP contribution in [0.2, 0.25) is 0 Å². The molecule has 0 atom stereocenters. The van der Waals surface area contributed by atoms with E-state index in [0.717, 1.165) is 22.2 Å². The molecule has 0 unspecified atom stereocenters. The van der Waals surface area contributed by atoms with Crippen LogP contribution in [0.15, 0.2) is 23.3 Å². The predicted octanol–water partition coefficient (Wildman–Crippen LogP) is 5.42. The molecule has 0 aliphatic heterocycles. The van der Waals surface area contributed by atoms with E-state index in [1.807, 2.05) is 44.4 Å². The van der Waals surface area contributed by atoms with Gasteiger partial charge in [-0.2, -0.15) is 5.10 Å². The Hall–Kier alpha value is -2.90. The van der Waals surface area contributed by atoms with Crippen molar-refractivity contribution in [2.75, 3.05) is 5.43 Å². The molecule has 142 valence electrons. The van der Waals surface area contributed by atoms with Crippen LogP contribution < -0.4 is 5.43 Å². The molecule has 2 aromatic carbocycles. The minimum absolute atomic E-state index is 0.687. The largest absolute Gasteiger partial charge is 0.344 e. The second-order valence-corrected chi connectivity index (χ2v) is 6.03. The minimum atomic E-state index is -2.21. The summed E-state index contributed by atoms with van der Waals surface area (Å²) >= 11 is 0. The van der Waals surface area contributed by atoms with Crippen LogP contribution >= 0.6 is 0 Å². The number of benzene rings is 2. The van der Waals surface area contributed by atoms with Crippen LogP contribution in [0.3, 0.4) is 0 Å². The number of hydrogen-bond donors (Lipinski definition) is 1. The first kappa shape index (κ1) is 18.9. The number of halogens is 5. The maximum absolute atomic E-state index is 13.7. The lowest BCUT2D eigenvalue weighted by Crippen LogP contribution is -2.06. The molecule has 1 N–H and O–H groups in total. The highest BCUT2D eigenvalue weighted by Gasteiger charge is 2.25. The Labute approximate surface area is 152 Å². The predicted molar refractivity (Wildman–Crippen MR) is 94.5 cm³/mol. The van der Waals surface area contributed by atoms with E-state index in [9.17, 15) is 22.0 Å². The van der Waals surface area contributed by atoms with E-state index < -0.39 is 34.8 Å². The number of para-hydroxylation sites is 1. The molecule has 1 aromatic heterocycles. The highest BCUT2D eigenvalue weighted by Crippen LogP contribution is 2.29. The lowest BCUT2D eigenvalue weighted by molar-refractivity contribution is 0.381. The molecule has 0 saturated carbocycles. The van der Waals surface area contributed by atoms with Gasteiger partial charge in [-0.05, 0) is 26.3 Å². The van der Waals surface area contributed by atoms with Gasteiger partial charge in [-0.25, -0.2) is 22.0 Å². The maximum Gasteiger partial charge on any atom is 0.200 e. The van der Waals surface area contributed by atoms with Crippen molar-refractivity contribution in [3.63, 3.8) is 0 Å². The van der Waals surface area contributed by atoms with Crippen LogP contribution in [-0.4, -0.2) is 10.8 Å². The third-order valence-corrected chi connectivity index (χ3v) is 4.49. The summed E-state index contributed by atoms with van der Waals surface area (Å²) in [5.74, 6) is -10.2. The summed E-state index contributed by atoms with van der Waals surface area (Å²) < 4.78 is 69.1. The summed E-state index contributed by atoms with van der Waals surface area (Å²) in [6.07, 6.45) is 1.31. The maximum atomic E-state index is 13.7. The zero-order valence-electron chi connectivity index (χ0n) is 14.8. The molecule has 0 fully saturated rings. The summed E-state index contributed by atoms with van der Waals surface area (Å²) in [6, 6.07) is 5.70. The molecule has 1 heterocycles. The van der Waals surface area contributed by atoms with Crippen molar-refractivity contribution >= 4 is 22.8 Å². The number of anilines is 1. The quantitative estimate of drug-likeness (QED) is 0.211. The van der Waals surface area contributed by atoms with Gasteiger partial charge in [-0.3, -0.25) is 5.43 Å². The molecular weight excluding hydrogens is 365 g/mol. The van der Waals surface area contributed by atoms with Gasteiger partial charge in [0.25, 0.3) is 0 Å². The van der Waals surface area contributed by atoms with Crippen molar-refractivity contribution in [2.45, 2.75) is 27.3 Å². The third-order valence-electron chi connectivity index (χ3n) is 4.49. The Morgan fingerprint density at radius 3 is 2.15 bits per heavy atom. The van der Waals surface area contributed by atoms with Crippen molar-refractivity contribution < 1.29 is 22.0 Å². The molecular formula is C19H16F5N3. The molecule has 0 aliphatic rings. The van der Waals surface area contributed by atoms with Crippen LogP contribution in [0.25, 0.3) is 10.9 Å². The first-order valence-electron chi connectivity index (χ1n) is 8.18. The van der Waals surface area contributed by atoms with Crippen molar-refractivity contribution in [1.29, 1.82) is 0 Å². The van der Waals surface area contributed by atoms with E-state index in [0.29, 0.717) is 12.1 Å². The van der Waals surface area contributed by atoms with Gasteiger partial charge in [0.2, 0.25) is 5.82 Å². The zero-order chi connectivity index (χ0) is 19.9. The monoisotopic (exact) mass is 381 g/mol. The van der Waals surface area contributed by atoms with Crippen LogP contribution in [0.5, 0.6) is 0 Å². The summed E-state index contributed by atoms with van der Waals surface area (Å²) in [5.41, 5.74) is 4.33. The van der Waals surface area contributed by atoms with Crippen molar-refractivity contribution in [2.24, 2.45) is 5.10 Å². The number of aromatic nitrogens is 1. The lowest BCUT2D eigenvalue weighted by Gasteiger charge is -2.07. The lowest BCUT2D eigenvalue weighted by atomic mass is 10.1. The molecule has 0 saturated heterocycles. The molecule has 0 aliphatic carbocycles. The normalized spacial score (nSPS) is 11.7. The van der Waals surface area contributed by atoms with Gasteiger partial charge in [-0.15, -0.1) is 0 Å². The highest BCUT2D eigenvalue weighted by atomic mass is 19.2. The van der Waals surface area contributed by atoms with Gasteiger partial charge in [0.1, 0.15) is 5.69 Å². The Morgan fingerprint density at radius 2 is 1.56 bits per heavy atom. The Kier molecular flexibility index (Phi) is 4.91. The molecule has 3 nitrogen and oxygen atoms in total. The Morgan fingerprint density at radius 1 is 0.963 bits per heavy atom. The number of hydrogen-bond acceptors (Lipinski definition) is 2. The van der Waals surface area contributed by atoms with Crippen LogP contribution in [0, 0.1) is 42.9 Å². The van der Waals surface area contributed by atoms with E-state index in [4.69, 9.17) is 0 Å². The summed E-state index contributed by atoms with van der Waals surface area (Å²) in [7, 11) is 0. The summed E-state index contributed by atoms with van der Waals surface area (Å²) in [5, 5.41) is 4.58. The zero-order valence-corrected chi connectivity index (χ0v) is 14.8. The van der Waals surface area contributed by atoms with Crippen LogP contribution in [0.1, 0.15) is 23.7 Å². The molecule has 8 heteroatoms. The molecule has 3 rings (SSSR count). The molecule has 0 spiro atoms. The highest BCUT2D eigenvalue weighted by molar-refractivity contribution is 6.02. The average molecular weight is 381 g/mol. The van der Waals surface area contributed by atoms with E-state index in [1.165, 1.54) is 6.21 Å². The molecule has 3 aromatic rings. The molecule has 0 radical (unpaired) electrons. The smallest absolute Gasteiger partial charge is 0.200 e. The van der Waals surface area contributed by atoms with E-state index in [2.05, 4.69) is 9.67 Å². The first-order chi connectivity index (χ1) is 12.8. The summed E-state index contributed by atoms with van der Waals surface area (Å²) in [6.45, 7) is 6.50. The molecule has 27 heavy (non-hydrogen) atoms. The standard InChI is InChI=1S/C19H16F5N3/c1-4-27-10(3)12(11-7-5-6-9(2)19(11)27)8-25-26-18-16(23)14(21)13(20)15(22)17(18)24/h5-8,26H,4H2,1-3H3/b25-8+. The van der Waals surface area contributed by atoms with Gasteiger partial charge in [-0.1, -0.05) is 18.2 Å². The number of nitrogens with zero attached hydrogens (tertiary/aromatic N) is 2. The number of hydrazone groups is 1. The second-order valence-electron chi connectivity index (χ2n) is 6.03. The van der Waals surface area contributed by atoms with E-state index in [-0.39, 0.29) is 0 Å². The average Bonchev–Trinajstić information content (AvgIpc) is 2.93. The van der Waals surface area contributed by atoms with Gasteiger partial charge < -0.3 is 4.57 Å². The molecule has 0 amide bonds. The van der Waals surface area contributed by atoms with E-state index in [1.54, 1.807) is 0 Å². The first-order valence-corrected chi connectivity index (χ1v) is 8.18. The number of nitrogens with one attached hydrogen (secondary N) is 1. The fourth-order valence-electron chi connectivity index (χ4n) is 3.17. The van der Waals surface area contributed by atoms with Crippen LogP contribution in [-0.2, 0) is 6.54 Å². The van der Waals surface area contributed by atoms with Gasteiger partial charge in [0.15, 0.2) is 23.3 Å². The van der Waals surface area contributed by atoms with Crippen molar-refractivity contribution in [3.05, 3.63) is 64.1 Å². The van der Waals surface area contributed by atoms with E-state index >= 15 is 0 Å². The number of fused-ring (bicyclic) bond motifs is 1. The minimum Gasteiger partial charge on any atom is -0.344 e. The second kappa shape index (κ2) is 7.02. The number of aryl methyl sites for hydroxylation is 2.